The first-order valence-electron chi connectivity index (χ1n) is 8.71. The molecule has 0 spiro atoms. The van der Waals surface area contributed by atoms with E-state index < -0.39 is 21.9 Å². The van der Waals surface area contributed by atoms with Crippen LogP contribution >= 0.6 is 11.6 Å². The summed E-state index contributed by atoms with van der Waals surface area (Å²) in [4.78, 5) is 26.8. The molecule has 1 aliphatic rings. The number of esters is 1. The van der Waals surface area contributed by atoms with Crippen LogP contribution in [0.25, 0.3) is 0 Å². The first-order valence-corrected chi connectivity index (χ1v) is 11.0. The number of anilines is 1. The molecular formula is C20H20ClNO5S. The number of hydrogen-bond acceptors (Lipinski definition) is 5. The van der Waals surface area contributed by atoms with Gasteiger partial charge < -0.3 is 9.64 Å². The monoisotopic (exact) mass is 421 g/mol. The molecule has 2 aromatic carbocycles. The van der Waals surface area contributed by atoms with Gasteiger partial charge in [0, 0.05) is 18.0 Å². The predicted molar refractivity (Wildman–Crippen MR) is 107 cm³/mol. The average molecular weight is 422 g/mol. The summed E-state index contributed by atoms with van der Waals surface area (Å²) in [5, 5.41) is 0.0191. The summed E-state index contributed by atoms with van der Waals surface area (Å²) in [6.45, 7) is 3.44. The molecular weight excluding hydrogens is 402 g/mol. The van der Waals surface area contributed by atoms with Crippen molar-refractivity contribution in [1.29, 1.82) is 0 Å². The zero-order chi connectivity index (χ0) is 20.6. The van der Waals surface area contributed by atoms with Gasteiger partial charge in [0.05, 0.1) is 15.5 Å². The van der Waals surface area contributed by atoms with Crippen LogP contribution in [0.1, 0.15) is 29.8 Å². The van der Waals surface area contributed by atoms with E-state index in [1.54, 1.807) is 4.90 Å². The molecule has 2 atom stereocenters. The number of para-hydroxylation sites is 1. The van der Waals surface area contributed by atoms with E-state index in [2.05, 4.69) is 0 Å². The number of halogens is 1. The van der Waals surface area contributed by atoms with Gasteiger partial charge in [-0.3, -0.25) is 4.79 Å². The minimum atomic E-state index is -3.60. The second-order valence-corrected chi connectivity index (χ2v) is 9.25. The third-order valence-electron chi connectivity index (χ3n) is 4.64. The Morgan fingerprint density at radius 3 is 2.57 bits per heavy atom. The number of sulfone groups is 1. The lowest BCUT2D eigenvalue weighted by Gasteiger charge is -2.26. The molecule has 0 aromatic heterocycles. The number of amides is 1. The van der Waals surface area contributed by atoms with E-state index in [0.717, 1.165) is 30.0 Å². The highest BCUT2D eigenvalue weighted by Gasteiger charge is 2.34. The van der Waals surface area contributed by atoms with Crippen molar-refractivity contribution in [2.75, 3.05) is 11.2 Å². The zero-order valence-electron chi connectivity index (χ0n) is 15.7. The van der Waals surface area contributed by atoms with Gasteiger partial charge in [-0.15, -0.1) is 0 Å². The van der Waals surface area contributed by atoms with Gasteiger partial charge in [-0.2, -0.15) is 0 Å². The van der Waals surface area contributed by atoms with Gasteiger partial charge >= 0.3 is 5.97 Å². The molecule has 1 aliphatic heterocycles. The van der Waals surface area contributed by atoms with E-state index in [1.165, 1.54) is 19.1 Å². The number of rotatable bonds is 4. The van der Waals surface area contributed by atoms with Gasteiger partial charge in [0.25, 0.3) is 5.91 Å². The molecule has 0 saturated carbocycles. The average Bonchev–Trinajstić information content (AvgIpc) is 2.95. The molecule has 0 radical (unpaired) electrons. The SMILES string of the molecule is CC(OC(=O)c1ccc(Cl)c(S(C)(=O)=O)c1)C(=O)N1c2ccccc2CC1C. The number of benzene rings is 2. The molecule has 0 N–H and O–H groups in total. The van der Waals surface area contributed by atoms with E-state index in [0.29, 0.717) is 0 Å². The van der Waals surface area contributed by atoms with Crippen LogP contribution in [-0.2, 0) is 25.8 Å². The standard InChI is InChI=1S/C20H20ClNO5S/c1-12-10-14-6-4-5-7-17(14)22(12)19(23)13(2)27-20(24)15-8-9-16(21)18(11-15)28(3,25)26/h4-9,11-13H,10H2,1-3H3. The summed E-state index contributed by atoms with van der Waals surface area (Å²) in [5.74, 6) is -1.12. The van der Waals surface area contributed by atoms with Crippen molar-refractivity contribution in [2.24, 2.45) is 0 Å². The molecule has 2 unspecified atom stereocenters. The van der Waals surface area contributed by atoms with Crippen LogP contribution < -0.4 is 4.90 Å². The van der Waals surface area contributed by atoms with Crippen molar-refractivity contribution in [3.05, 3.63) is 58.6 Å². The van der Waals surface area contributed by atoms with Crippen LogP contribution in [0.5, 0.6) is 0 Å². The molecule has 28 heavy (non-hydrogen) atoms. The van der Waals surface area contributed by atoms with Crippen LogP contribution in [0.15, 0.2) is 47.4 Å². The quantitative estimate of drug-likeness (QED) is 0.708. The summed E-state index contributed by atoms with van der Waals surface area (Å²) in [7, 11) is -3.60. The van der Waals surface area contributed by atoms with Crippen molar-refractivity contribution in [1.82, 2.24) is 0 Å². The van der Waals surface area contributed by atoms with Crippen molar-refractivity contribution in [3.63, 3.8) is 0 Å². The second kappa shape index (κ2) is 7.56. The fraction of sp³-hybridized carbons (Fsp3) is 0.300. The van der Waals surface area contributed by atoms with Crippen LogP contribution in [0.2, 0.25) is 5.02 Å². The highest BCUT2D eigenvalue weighted by atomic mass is 35.5. The highest BCUT2D eigenvalue weighted by Crippen LogP contribution is 2.32. The maximum Gasteiger partial charge on any atom is 0.338 e. The number of carbonyl (C=O) groups excluding carboxylic acids is 2. The van der Waals surface area contributed by atoms with Crippen molar-refractivity contribution in [2.45, 2.75) is 37.3 Å². The highest BCUT2D eigenvalue weighted by molar-refractivity contribution is 7.90. The van der Waals surface area contributed by atoms with Crippen molar-refractivity contribution < 1.29 is 22.7 Å². The lowest BCUT2D eigenvalue weighted by molar-refractivity contribution is -0.126. The smallest absolute Gasteiger partial charge is 0.338 e. The van der Waals surface area contributed by atoms with E-state index >= 15 is 0 Å². The molecule has 3 rings (SSSR count). The van der Waals surface area contributed by atoms with Gasteiger partial charge in [-0.25, -0.2) is 13.2 Å². The van der Waals surface area contributed by atoms with Gasteiger partial charge in [0.2, 0.25) is 0 Å². The third kappa shape index (κ3) is 3.91. The fourth-order valence-electron chi connectivity index (χ4n) is 3.29. The van der Waals surface area contributed by atoms with E-state index in [4.69, 9.17) is 16.3 Å². The van der Waals surface area contributed by atoms with Gasteiger partial charge in [-0.05, 0) is 50.1 Å². The largest absolute Gasteiger partial charge is 0.449 e. The number of nitrogens with zero attached hydrogens (tertiary/aromatic N) is 1. The predicted octanol–water partition coefficient (Wildman–Crippen LogP) is 3.27. The first kappa shape index (κ1) is 20.4. The molecule has 0 saturated heterocycles. The summed E-state index contributed by atoms with van der Waals surface area (Å²) in [6.07, 6.45) is 0.706. The van der Waals surface area contributed by atoms with Gasteiger partial charge in [-0.1, -0.05) is 29.8 Å². The van der Waals surface area contributed by atoms with E-state index in [9.17, 15) is 18.0 Å². The Morgan fingerprint density at radius 1 is 1.21 bits per heavy atom. The van der Waals surface area contributed by atoms with Crippen LogP contribution in [-0.4, -0.2) is 38.7 Å². The maximum atomic E-state index is 12.9. The first-order chi connectivity index (χ1) is 13.1. The summed E-state index contributed by atoms with van der Waals surface area (Å²) in [5.41, 5.74) is 1.89. The molecule has 148 valence electrons. The normalized spacial score (nSPS) is 17.1. The molecule has 0 aliphatic carbocycles. The molecule has 6 nitrogen and oxygen atoms in total. The van der Waals surface area contributed by atoms with Crippen LogP contribution in [0.3, 0.4) is 0 Å². The minimum absolute atomic E-state index is 0.0133. The molecule has 8 heteroatoms. The Morgan fingerprint density at radius 2 is 1.89 bits per heavy atom. The fourth-order valence-corrected chi connectivity index (χ4v) is 4.59. The summed E-state index contributed by atoms with van der Waals surface area (Å²) >= 11 is 5.90. The lowest BCUT2D eigenvalue weighted by Crippen LogP contribution is -2.43. The van der Waals surface area contributed by atoms with Gasteiger partial charge in [0.1, 0.15) is 0 Å². The molecule has 0 bridgehead atoms. The molecule has 0 fully saturated rings. The van der Waals surface area contributed by atoms with E-state index in [1.807, 2.05) is 31.2 Å². The Bertz CT molecular complexity index is 1050. The Hall–Kier alpha value is -2.38. The Labute approximate surface area is 169 Å². The second-order valence-electron chi connectivity index (χ2n) is 6.86. The van der Waals surface area contributed by atoms with Gasteiger partial charge in [0.15, 0.2) is 15.9 Å². The molecule has 1 heterocycles. The summed E-state index contributed by atoms with van der Waals surface area (Å²) in [6, 6.07) is 11.4. The zero-order valence-corrected chi connectivity index (χ0v) is 17.3. The van der Waals surface area contributed by atoms with Crippen LogP contribution in [0, 0.1) is 0 Å². The topological polar surface area (TPSA) is 80.8 Å². The van der Waals surface area contributed by atoms with Crippen molar-refractivity contribution >= 4 is 39.0 Å². The molecule has 2 aromatic rings. The number of carbonyl (C=O) groups is 2. The third-order valence-corrected chi connectivity index (χ3v) is 6.22. The lowest BCUT2D eigenvalue weighted by atomic mass is 10.1. The Balaban J connectivity index is 1.79. The number of fused-ring (bicyclic) bond motifs is 1. The minimum Gasteiger partial charge on any atom is -0.449 e. The van der Waals surface area contributed by atoms with Crippen LogP contribution in [0.4, 0.5) is 5.69 Å². The van der Waals surface area contributed by atoms with E-state index in [-0.39, 0.29) is 27.4 Å². The summed E-state index contributed by atoms with van der Waals surface area (Å²) < 4.78 is 28.9. The number of hydrogen-bond donors (Lipinski definition) is 0. The molecule has 1 amide bonds. The Kier molecular flexibility index (Phi) is 5.50. The van der Waals surface area contributed by atoms with Crippen molar-refractivity contribution in [3.8, 4) is 0 Å². The maximum absolute atomic E-state index is 12.9. The number of ether oxygens (including phenoxy) is 1.